The van der Waals surface area contributed by atoms with Gasteiger partial charge < -0.3 is 11.1 Å². The van der Waals surface area contributed by atoms with Crippen molar-refractivity contribution in [2.45, 2.75) is 31.8 Å². The lowest BCUT2D eigenvalue weighted by Gasteiger charge is -2.26. The molecule has 1 aromatic heterocycles. The molecule has 2 aliphatic rings. The minimum atomic E-state index is 0.0483. The Bertz CT molecular complexity index is 460. The molecule has 2 bridgehead atoms. The summed E-state index contributed by atoms with van der Waals surface area (Å²) in [5, 5.41) is 5.07. The van der Waals surface area contributed by atoms with Gasteiger partial charge >= 0.3 is 0 Å². The molecule has 2 fully saturated rings. The van der Waals surface area contributed by atoms with Crippen molar-refractivity contribution in [3.8, 4) is 0 Å². The molecule has 5 heteroatoms. The molecule has 3 nitrogen and oxygen atoms in total. The van der Waals surface area contributed by atoms with E-state index in [1.54, 1.807) is 11.3 Å². The average molecular weight is 329 g/mol. The van der Waals surface area contributed by atoms with Gasteiger partial charge in [-0.2, -0.15) is 0 Å². The van der Waals surface area contributed by atoms with E-state index < -0.39 is 0 Å². The van der Waals surface area contributed by atoms with Crippen LogP contribution < -0.4 is 11.1 Å². The molecule has 1 aromatic rings. The minimum Gasteiger partial charge on any atom is -0.351 e. The van der Waals surface area contributed by atoms with E-state index in [0.29, 0.717) is 18.4 Å². The highest BCUT2D eigenvalue weighted by atomic mass is 79.9. The Kier molecular flexibility index (Phi) is 3.47. The van der Waals surface area contributed by atoms with Crippen molar-refractivity contribution in [3.05, 3.63) is 20.8 Å². The number of rotatable bonds is 3. The van der Waals surface area contributed by atoms with Gasteiger partial charge in [0.2, 0.25) is 5.91 Å². The molecule has 4 unspecified atom stereocenters. The summed E-state index contributed by atoms with van der Waals surface area (Å²) >= 11 is 5.08. The summed E-state index contributed by atoms with van der Waals surface area (Å²) < 4.78 is 1.08. The number of thiophene rings is 1. The van der Waals surface area contributed by atoms with Crippen molar-refractivity contribution in [1.29, 1.82) is 0 Å². The Morgan fingerprint density at radius 2 is 2.28 bits per heavy atom. The van der Waals surface area contributed by atoms with E-state index in [1.165, 1.54) is 17.7 Å². The molecule has 1 heterocycles. The van der Waals surface area contributed by atoms with Crippen LogP contribution >= 0.6 is 27.3 Å². The fourth-order valence-electron chi connectivity index (χ4n) is 3.46. The number of nitrogens with one attached hydrogen (secondary N) is 1. The summed E-state index contributed by atoms with van der Waals surface area (Å²) in [6, 6.07) is 2.13. The highest BCUT2D eigenvalue weighted by Crippen LogP contribution is 2.47. The predicted molar refractivity (Wildman–Crippen MR) is 76.2 cm³/mol. The van der Waals surface area contributed by atoms with Crippen molar-refractivity contribution >= 4 is 33.2 Å². The minimum absolute atomic E-state index is 0.0483. The van der Waals surface area contributed by atoms with Crippen LogP contribution in [0.25, 0.3) is 0 Å². The Morgan fingerprint density at radius 3 is 2.89 bits per heavy atom. The smallest absolute Gasteiger partial charge is 0.225 e. The molecule has 2 aliphatic carbocycles. The summed E-state index contributed by atoms with van der Waals surface area (Å²) in [5.41, 5.74) is 6.17. The van der Waals surface area contributed by atoms with Gasteiger partial charge in [0.25, 0.3) is 0 Å². The van der Waals surface area contributed by atoms with Gasteiger partial charge in [-0.1, -0.05) is 0 Å². The van der Waals surface area contributed by atoms with Crippen molar-refractivity contribution in [2.24, 2.45) is 23.5 Å². The van der Waals surface area contributed by atoms with E-state index in [2.05, 4.69) is 21.2 Å². The summed E-state index contributed by atoms with van der Waals surface area (Å²) in [7, 11) is 0. The zero-order chi connectivity index (χ0) is 12.7. The second-order valence-corrected chi connectivity index (χ2v) is 7.30. The molecule has 0 radical (unpaired) electrons. The number of nitrogens with two attached hydrogens (primary N) is 1. The van der Waals surface area contributed by atoms with Gasteiger partial charge in [-0.3, -0.25) is 4.79 Å². The molecule has 1 amide bonds. The number of carbonyl (C=O) groups excluding carboxylic acids is 1. The van der Waals surface area contributed by atoms with Gasteiger partial charge in [-0.15, -0.1) is 11.3 Å². The van der Waals surface area contributed by atoms with Crippen LogP contribution in [0.5, 0.6) is 0 Å². The Labute approximate surface area is 119 Å². The maximum absolute atomic E-state index is 12.2. The lowest BCUT2D eigenvalue weighted by atomic mass is 9.84. The molecule has 0 spiro atoms. The molecule has 98 valence electrons. The number of hydrogen-bond acceptors (Lipinski definition) is 3. The van der Waals surface area contributed by atoms with Crippen LogP contribution in [0, 0.1) is 17.8 Å². The number of amides is 1. The van der Waals surface area contributed by atoms with Crippen molar-refractivity contribution in [2.75, 3.05) is 0 Å². The first-order chi connectivity index (χ1) is 8.65. The SMILES string of the molecule is NC1C2CCC(C2)C1C(=O)NCc1cc(Br)cs1. The van der Waals surface area contributed by atoms with Gasteiger partial charge in [0.05, 0.1) is 12.5 Å². The molecule has 4 atom stereocenters. The highest BCUT2D eigenvalue weighted by Gasteiger charge is 2.48. The molecule has 3 N–H and O–H groups in total. The van der Waals surface area contributed by atoms with Crippen LogP contribution in [0.3, 0.4) is 0 Å². The highest BCUT2D eigenvalue weighted by molar-refractivity contribution is 9.10. The second kappa shape index (κ2) is 4.94. The zero-order valence-electron chi connectivity index (χ0n) is 10.1. The molecular formula is C13H17BrN2OS. The van der Waals surface area contributed by atoms with Gasteiger partial charge in [0, 0.05) is 20.8 Å². The quantitative estimate of drug-likeness (QED) is 0.895. The Morgan fingerprint density at radius 1 is 1.50 bits per heavy atom. The lowest BCUT2D eigenvalue weighted by molar-refractivity contribution is -0.127. The third kappa shape index (κ3) is 2.24. The fourth-order valence-corrected chi connectivity index (χ4v) is 4.85. The summed E-state index contributed by atoms with van der Waals surface area (Å²) in [4.78, 5) is 13.4. The molecule has 18 heavy (non-hydrogen) atoms. The van der Waals surface area contributed by atoms with E-state index in [9.17, 15) is 4.79 Å². The van der Waals surface area contributed by atoms with Crippen molar-refractivity contribution < 1.29 is 4.79 Å². The van der Waals surface area contributed by atoms with Crippen LogP contribution in [-0.4, -0.2) is 11.9 Å². The molecule has 0 aliphatic heterocycles. The third-order valence-corrected chi connectivity index (χ3v) is 6.04. The van der Waals surface area contributed by atoms with Crippen LogP contribution in [0.15, 0.2) is 15.9 Å². The monoisotopic (exact) mass is 328 g/mol. The standard InChI is InChI=1S/C13H17BrN2OS/c14-9-4-10(18-6-9)5-16-13(17)11-7-1-2-8(3-7)12(11)15/h4,6-8,11-12H,1-3,5,15H2,(H,16,17). The van der Waals surface area contributed by atoms with Crippen LogP contribution in [-0.2, 0) is 11.3 Å². The van der Waals surface area contributed by atoms with E-state index in [0.717, 1.165) is 10.9 Å². The predicted octanol–water partition coefficient (Wildman–Crippen LogP) is 2.50. The van der Waals surface area contributed by atoms with E-state index in [4.69, 9.17) is 5.73 Å². The maximum Gasteiger partial charge on any atom is 0.225 e. The third-order valence-electron chi connectivity index (χ3n) is 4.34. The molecular weight excluding hydrogens is 312 g/mol. The molecule has 0 saturated heterocycles. The van der Waals surface area contributed by atoms with E-state index in [-0.39, 0.29) is 17.9 Å². The number of carbonyl (C=O) groups is 1. The number of hydrogen-bond donors (Lipinski definition) is 2. The fraction of sp³-hybridized carbons (Fsp3) is 0.615. The normalized spacial score (nSPS) is 33.9. The molecule has 0 aromatic carbocycles. The van der Waals surface area contributed by atoms with Crippen LogP contribution in [0.1, 0.15) is 24.1 Å². The Hall–Kier alpha value is -0.390. The van der Waals surface area contributed by atoms with Crippen molar-refractivity contribution in [1.82, 2.24) is 5.32 Å². The van der Waals surface area contributed by atoms with Gasteiger partial charge in [0.1, 0.15) is 0 Å². The first-order valence-corrected chi connectivity index (χ1v) is 8.08. The van der Waals surface area contributed by atoms with Gasteiger partial charge in [-0.25, -0.2) is 0 Å². The van der Waals surface area contributed by atoms with E-state index in [1.807, 2.05) is 11.4 Å². The van der Waals surface area contributed by atoms with Gasteiger partial charge in [0.15, 0.2) is 0 Å². The zero-order valence-corrected chi connectivity index (χ0v) is 12.5. The first kappa shape index (κ1) is 12.6. The maximum atomic E-state index is 12.2. The van der Waals surface area contributed by atoms with Crippen LogP contribution in [0.2, 0.25) is 0 Å². The summed E-state index contributed by atoms with van der Waals surface area (Å²) in [5.74, 6) is 1.31. The summed E-state index contributed by atoms with van der Waals surface area (Å²) in [6.45, 7) is 0.621. The number of halogens is 1. The lowest BCUT2D eigenvalue weighted by Crippen LogP contribution is -2.45. The second-order valence-electron chi connectivity index (χ2n) is 5.39. The molecule has 2 saturated carbocycles. The van der Waals surface area contributed by atoms with E-state index >= 15 is 0 Å². The topological polar surface area (TPSA) is 55.1 Å². The number of fused-ring (bicyclic) bond motifs is 2. The summed E-state index contributed by atoms with van der Waals surface area (Å²) in [6.07, 6.45) is 3.55. The van der Waals surface area contributed by atoms with Crippen molar-refractivity contribution in [3.63, 3.8) is 0 Å². The Balaban J connectivity index is 1.59. The average Bonchev–Trinajstić information content (AvgIpc) is 3.02. The molecule has 3 rings (SSSR count). The first-order valence-electron chi connectivity index (χ1n) is 6.41. The van der Waals surface area contributed by atoms with Gasteiger partial charge in [-0.05, 0) is 53.1 Å². The van der Waals surface area contributed by atoms with Crippen LogP contribution in [0.4, 0.5) is 0 Å². The largest absolute Gasteiger partial charge is 0.351 e.